The topological polar surface area (TPSA) is 3.24 Å². The molecule has 1 saturated heterocycles. The SMILES string of the molecule is C[C@@H]1CCCN([C@@]2(c3cccs3)CCCC[C@@H]2C)C1. The summed E-state index contributed by atoms with van der Waals surface area (Å²) in [6, 6.07) is 4.64. The summed E-state index contributed by atoms with van der Waals surface area (Å²) >= 11 is 1.99. The lowest BCUT2D eigenvalue weighted by Crippen LogP contribution is -2.54. The van der Waals surface area contributed by atoms with Crippen LogP contribution < -0.4 is 0 Å². The summed E-state index contributed by atoms with van der Waals surface area (Å²) in [5.74, 6) is 1.69. The lowest BCUT2D eigenvalue weighted by molar-refractivity contribution is -0.0209. The van der Waals surface area contributed by atoms with Crippen LogP contribution in [0.2, 0.25) is 0 Å². The summed E-state index contributed by atoms with van der Waals surface area (Å²) in [7, 11) is 0. The van der Waals surface area contributed by atoms with Crippen molar-refractivity contribution in [2.45, 2.75) is 57.9 Å². The number of piperidine rings is 1. The summed E-state index contributed by atoms with van der Waals surface area (Å²) in [5, 5.41) is 2.27. The number of likely N-dealkylation sites (tertiary alicyclic amines) is 1. The van der Waals surface area contributed by atoms with Gasteiger partial charge in [-0.1, -0.05) is 32.8 Å². The van der Waals surface area contributed by atoms with Crippen molar-refractivity contribution in [2.75, 3.05) is 13.1 Å². The summed E-state index contributed by atoms with van der Waals surface area (Å²) < 4.78 is 0. The number of nitrogens with zero attached hydrogens (tertiary/aromatic N) is 1. The highest BCUT2D eigenvalue weighted by atomic mass is 32.1. The molecule has 2 heterocycles. The Bertz CT molecular complexity index is 399. The minimum Gasteiger partial charge on any atom is -0.292 e. The van der Waals surface area contributed by atoms with Gasteiger partial charge < -0.3 is 0 Å². The van der Waals surface area contributed by atoms with E-state index in [-0.39, 0.29) is 0 Å². The first kappa shape index (κ1) is 13.6. The maximum absolute atomic E-state index is 2.86. The van der Waals surface area contributed by atoms with Crippen LogP contribution >= 0.6 is 11.3 Å². The second kappa shape index (κ2) is 5.57. The van der Waals surface area contributed by atoms with Crippen LogP contribution in [-0.2, 0) is 5.54 Å². The Hall–Kier alpha value is -0.340. The molecule has 106 valence electrons. The van der Waals surface area contributed by atoms with Gasteiger partial charge in [0.25, 0.3) is 0 Å². The minimum atomic E-state index is 0.362. The van der Waals surface area contributed by atoms with Crippen molar-refractivity contribution in [1.29, 1.82) is 0 Å². The Kier molecular flexibility index (Phi) is 4.00. The molecule has 1 aromatic rings. The maximum atomic E-state index is 2.86. The quantitative estimate of drug-likeness (QED) is 0.744. The number of hydrogen-bond donors (Lipinski definition) is 0. The normalized spacial score (nSPS) is 37.4. The molecule has 3 rings (SSSR count). The van der Waals surface area contributed by atoms with Crippen LogP contribution in [-0.4, -0.2) is 18.0 Å². The average molecular weight is 277 g/mol. The Balaban J connectivity index is 1.96. The molecule has 19 heavy (non-hydrogen) atoms. The molecule has 0 spiro atoms. The fraction of sp³-hybridized carbons (Fsp3) is 0.765. The standard InChI is InChI=1S/C17H27NS/c1-14-7-5-11-18(13-14)17(16-9-6-12-19-16)10-4-3-8-15(17)2/h6,9,12,14-15H,3-5,7-8,10-11,13H2,1-2H3/t14-,15+,17+/m1/s1. The second-order valence-corrected chi connectivity index (χ2v) is 7.69. The zero-order valence-corrected chi connectivity index (χ0v) is 13.2. The third-order valence-corrected chi connectivity index (χ3v) is 6.47. The van der Waals surface area contributed by atoms with E-state index < -0.39 is 0 Å². The molecule has 0 aromatic carbocycles. The Morgan fingerprint density at radius 1 is 1.21 bits per heavy atom. The van der Waals surface area contributed by atoms with Gasteiger partial charge >= 0.3 is 0 Å². The van der Waals surface area contributed by atoms with Crippen LogP contribution in [0.4, 0.5) is 0 Å². The Morgan fingerprint density at radius 3 is 2.79 bits per heavy atom. The van der Waals surface area contributed by atoms with E-state index in [1.165, 1.54) is 51.6 Å². The van der Waals surface area contributed by atoms with E-state index in [0.717, 1.165) is 11.8 Å². The highest BCUT2D eigenvalue weighted by Crippen LogP contribution is 2.48. The first-order chi connectivity index (χ1) is 9.23. The van der Waals surface area contributed by atoms with E-state index in [2.05, 4.69) is 36.3 Å². The Morgan fingerprint density at radius 2 is 2.11 bits per heavy atom. The van der Waals surface area contributed by atoms with Crippen molar-refractivity contribution < 1.29 is 0 Å². The molecule has 1 nitrogen and oxygen atoms in total. The maximum Gasteiger partial charge on any atom is 0.0579 e. The summed E-state index contributed by atoms with van der Waals surface area (Å²) in [5.41, 5.74) is 0.362. The first-order valence-electron chi connectivity index (χ1n) is 8.02. The number of rotatable bonds is 2. The Labute approximate surface area is 122 Å². The van der Waals surface area contributed by atoms with Crippen molar-refractivity contribution in [2.24, 2.45) is 11.8 Å². The molecule has 2 heteroatoms. The highest BCUT2D eigenvalue weighted by Gasteiger charge is 2.46. The number of hydrogen-bond acceptors (Lipinski definition) is 2. The van der Waals surface area contributed by atoms with Crippen molar-refractivity contribution in [3.05, 3.63) is 22.4 Å². The van der Waals surface area contributed by atoms with Gasteiger partial charge in [0.05, 0.1) is 5.54 Å². The van der Waals surface area contributed by atoms with Crippen molar-refractivity contribution in [3.63, 3.8) is 0 Å². The molecule has 2 aliphatic rings. The van der Waals surface area contributed by atoms with Crippen molar-refractivity contribution in [1.82, 2.24) is 4.90 Å². The van der Waals surface area contributed by atoms with Gasteiger partial charge in [0, 0.05) is 11.4 Å². The van der Waals surface area contributed by atoms with Crippen LogP contribution in [0.25, 0.3) is 0 Å². The lowest BCUT2D eigenvalue weighted by Gasteiger charge is -2.52. The summed E-state index contributed by atoms with van der Waals surface area (Å²) in [6.45, 7) is 7.55. The lowest BCUT2D eigenvalue weighted by atomic mass is 9.70. The molecule has 0 bridgehead atoms. The van der Waals surface area contributed by atoms with Gasteiger partial charge in [-0.15, -0.1) is 11.3 Å². The fourth-order valence-electron chi connectivity index (χ4n) is 4.40. The molecule has 0 amide bonds. The molecule has 0 radical (unpaired) electrons. The zero-order chi connectivity index (χ0) is 13.3. The van der Waals surface area contributed by atoms with Crippen LogP contribution in [0.1, 0.15) is 57.2 Å². The minimum absolute atomic E-state index is 0.362. The van der Waals surface area contributed by atoms with E-state index in [9.17, 15) is 0 Å². The first-order valence-corrected chi connectivity index (χ1v) is 8.90. The number of thiophene rings is 1. The summed E-state index contributed by atoms with van der Waals surface area (Å²) in [6.07, 6.45) is 8.43. The largest absolute Gasteiger partial charge is 0.292 e. The molecular formula is C17H27NS. The third kappa shape index (κ3) is 2.38. The average Bonchev–Trinajstić information content (AvgIpc) is 2.94. The van der Waals surface area contributed by atoms with Gasteiger partial charge in [0.15, 0.2) is 0 Å². The van der Waals surface area contributed by atoms with Crippen LogP contribution in [0, 0.1) is 11.8 Å². The van der Waals surface area contributed by atoms with Crippen LogP contribution in [0.15, 0.2) is 17.5 Å². The summed E-state index contributed by atoms with van der Waals surface area (Å²) in [4.78, 5) is 4.49. The monoisotopic (exact) mass is 277 g/mol. The molecule has 0 unspecified atom stereocenters. The van der Waals surface area contributed by atoms with Gasteiger partial charge in [-0.3, -0.25) is 4.90 Å². The smallest absolute Gasteiger partial charge is 0.0579 e. The molecule has 3 atom stereocenters. The van der Waals surface area contributed by atoms with Gasteiger partial charge in [-0.05, 0) is 55.5 Å². The fourth-order valence-corrected chi connectivity index (χ4v) is 5.50. The third-order valence-electron chi connectivity index (χ3n) is 5.43. The van der Waals surface area contributed by atoms with E-state index >= 15 is 0 Å². The van der Waals surface area contributed by atoms with Crippen molar-refractivity contribution in [3.8, 4) is 0 Å². The van der Waals surface area contributed by atoms with Crippen LogP contribution in [0.3, 0.4) is 0 Å². The zero-order valence-electron chi connectivity index (χ0n) is 12.4. The van der Waals surface area contributed by atoms with E-state index in [1.807, 2.05) is 11.3 Å². The van der Waals surface area contributed by atoms with E-state index in [0.29, 0.717) is 5.54 Å². The van der Waals surface area contributed by atoms with Gasteiger partial charge in [-0.2, -0.15) is 0 Å². The molecule has 1 aliphatic carbocycles. The van der Waals surface area contributed by atoms with Crippen molar-refractivity contribution >= 4 is 11.3 Å². The molecular weight excluding hydrogens is 250 g/mol. The molecule has 0 N–H and O–H groups in total. The molecule has 2 fully saturated rings. The van der Waals surface area contributed by atoms with E-state index in [1.54, 1.807) is 4.88 Å². The van der Waals surface area contributed by atoms with Gasteiger partial charge in [0.1, 0.15) is 0 Å². The van der Waals surface area contributed by atoms with Gasteiger partial charge in [-0.25, -0.2) is 0 Å². The predicted octanol–water partition coefficient (Wildman–Crippen LogP) is 4.89. The molecule has 1 aliphatic heterocycles. The second-order valence-electron chi connectivity index (χ2n) is 6.74. The predicted molar refractivity (Wildman–Crippen MR) is 83.6 cm³/mol. The molecule has 1 aromatic heterocycles. The van der Waals surface area contributed by atoms with Crippen LogP contribution in [0.5, 0.6) is 0 Å². The highest BCUT2D eigenvalue weighted by molar-refractivity contribution is 7.10. The van der Waals surface area contributed by atoms with Gasteiger partial charge in [0.2, 0.25) is 0 Å². The van der Waals surface area contributed by atoms with E-state index in [4.69, 9.17) is 0 Å². The molecule has 1 saturated carbocycles.